The molecule has 0 saturated carbocycles. The first-order valence-corrected chi connectivity index (χ1v) is 6.54. The monoisotopic (exact) mass is 325 g/mol. The fourth-order valence-corrected chi connectivity index (χ4v) is 1.75. The highest BCUT2D eigenvalue weighted by Gasteiger charge is 1.96. The maximum absolute atomic E-state index is 5.65. The maximum Gasteiger partial charge on any atom is 0.181 e. The highest BCUT2D eigenvalue weighted by atomic mass is 35.5. The van der Waals surface area contributed by atoms with E-state index in [4.69, 9.17) is 10.5 Å². The number of nitrogens with one attached hydrogen (secondary N) is 1. The molecule has 1 rings (SSSR count). The van der Waals surface area contributed by atoms with Gasteiger partial charge < -0.3 is 15.8 Å². The van der Waals surface area contributed by atoms with Gasteiger partial charge in [-0.15, -0.1) is 24.8 Å². The van der Waals surface area contributed by atoms with E-state index in [0.717, 1.165) is 18.0 Å². The summed E-state index contributed by atoms with van der Waals surface area (Å²) in [6.07, 6.45) is 0. The van der Waals surface area contributed by atoms with Crippen molar-refractivity contribution in [2.75, 3.05) is 19.5 Å². The number of ether oxygens (including phenoxy) is 1. The number of hydrogen-bond acceptors (Lipinski definition) is 4. The van der Waals surface area contributed by atoms with Crippen LogP contribution in [0, 0.1) is 0 Å². The molecule has 1 aromatic rings. The molecule has 0 radical (unpaired) electrons. The van der Waals surface area contributed by atoms with E-state index in [1.807, 2.05) is 38.2 Å². The van der Waals surface area contributed by atoms with E-state index in [0.29, 0.717) is 5.17 Å². The molecular weight excluding hydrogens is 305 g/mol. The predicted octanol–water partition coefficient (Wildman–Crippen LogP) is 2.65. The van der Waals surface area contributed by atoms with Crippen molar-refractivity contribution in [1.82, 2.24) is 5.32 Å². The van der Waals surface area contributed by atoms with E-state index < -0.39 is 0 Å². The zero-order valence-electron chi connectivity index (χ0n) is 11.1. The van der Waals surface area contributed by atoms with Gasteiger partial charge in [0, 0.05) is 6.54 Å². The SMILES string of the molecule is CCS/C(N)=N/COc1cccc(CNC)c1.Cl.Cl. The first kappa shape index (κ1) is 20.7. The highest BCUT2D eigenvalue weighted by molar-refractivity contribution is 8.13. The summed E-state index contributed by atoms with van der Waals surface area (Å²) in [6, 6.07) is 7.93. The van der Waals surface area contributed by atoms with Crippen LogP contribution in [0.5, 0.6) is 5.75 Å². The van der Waals surface area contributed by atoms with Crippen LogP contribution in [0.3, 0.4) is 0 Å². The molecule has 0 aliphatic rings. The van der Waals surface area contributed by atoms with Crippen LogP contribution in [0.25, 0.3) is 0 Å². The highest BCUT2D eigenvalue weighted by Crippen LogP contribution is 2.13. The number of nitrogens with zero attached hydrogens (tertiary/aromatic N) is 1. The van der Waals surface area contributed by atoms with E-state index in [9.17, 15) is 0 Å². The lowest BCUT2D eigenvalue weighted by Crippen LogP contribution is -2.09. The molecule has 3 N–H and O–H groups in total. The van der Waals surface area contributed by atoms with Crippen molar-refractivity contribution in [3.8, 4) is 5.75 Å². The summed E-state index contributed by atoms with van der Waals surface area (Å²) in [4.78, 5) is 4.10. The average molecular weight is 326 g/mol. The minimum Gasteiger partial charge on any atom is -0.471 e. The van der Waals surface area contributed by atoms with E-state index in [1.54, 1.807) is 0 Å². The number of thioether (sulfide) groups is 1. The fraction of sp³-hybridized carbons (Fsp3) is 0.417. The lowest BCUT2D eigenvalue weighted by molar-refractivity contribution is 0.331. The van der Waals surface area contributed by atoms with Gasteiger partial charge in [-0.05, 0) is 30.5 Å². The summed E-state index contributed by atoms with van der Waals surface area (Å²) in [7, 11) is 1.92. The van der Waals surface area contributed by atoms with Crippen LogP contribution in [0.1, 0.15) is 12.5 Å². The number of aliphatic imine (C=N–C) groups is 1. The third kappa shape index (κ3) is 8.99. The van der Waals surface area contributed by atoms with Crippen LogP contribution in [-0.2, 0) is 6.54 Å². The first-order chi connectivity index (χ1) is 8.26. The molecule has 0 aromatic heterocycles. The van der Waals surface area contributed by atoms with Gasteiger partial charge in [-0.2, -0.15) is 0 Å². The van der Waals surface area contributed by atoms with Gasteiger partial charge in [-0.25, -0.2) is 4.99 Å². The standard InChI is InChI=1S/C12H19N3OS.2ClH/c1-3-17-12(13)15-9-16-11-6-4-5-10(7-11)8-14-2;;/h4-7,14H,3,8-9H2,1-2H3,(H2,13,15);2*1H. The van der Waals surface area contributed by atoms with Gasteiger partial charge in [0.15, 0.2) is 11.9 Å². The second-order valence-electron chi connectivity index (χ2n) is 3.38. The summed E-state index contributed by atoms with van der Waals surface area (Å²) in [5, 5.41) is 3.66. The van der Waals surface area contributed by atoms with Gasteiger partial charge in [-0.3, -0.25) is 0 Å². The largest absolute Gasteiger partial charge is 0.471 e. The van der Waals surface area contributed by atoms with Crippen LogP contribution < -0.4 is 15.8 Å². The summed E-state index contributed by atoms with van der Waals surface area (Å²) in [5.74, 6) is 1.74. The molecule has 0 aliphatic heterocycles. The van der Waals surface area contributed by atoms with Crippen LogP contribution >= 0.6 is 36.6 Å². The smallest absolute Gasteiger partial charge is 0.181 e. The summed E-state index contributed by atoms with van der Waals surface area (Å²) in [6.45, 7) is 3.13. The van der Waals surface area contributed by atoms with E-state index in [2.05, 4.69) is 10.3 Å². The Morgan fingerprint density at radius 1 is 1.42 bits per heavy atom. The number of hydrogen-bond donors (Lipinski definition) is 2. The minimum absolute atomic E-state index is 0. The van der Waals surface area contributed by atoms with E-state index in [1.165, 1.54) is 17.3 Å². The molecule has 0 saturated heterocycles. The zero-order valence-corrected chi connectivity index (χ0v) is 13.5. The molecule has 7 heteroatoms. The number of halogens is 2. The van der Waals surface area contributed by atoms with Crippen molar-refractivity contribution < 1.29 is 4.74 Å². The van der Waals surface area contributed by atoms with Crippen molar-refractivity contribution in [3.63, 3.8) is 0 Å². The zero-order chi connectivity index (χ0) is 12.5. The Balaban J connectivity index is 0. The van der Waals surface area contributed by atoms with E-state index in [-0.39, 0.29) is 31.5 Å². The lowest BCUT2D eigenvalue weighted by Gasteiger charge is -2.06. The van der Waals surface area contributed by atoms with Crippen molar-refractivity contribution >= 4 is 41.7 Å². The molecule has 0 aliphatic carbocycles. The summed E-state index contributed by atoms with van der Waals surface area (Å²) >= 11 is 1.52. The number of benzene rings is 1. The van der Waals surface area contributed by atoms with Crippen LogP contribution in [-0.4, -0.2) is 24.7 Å². The third-order valence-electron chi connectivity index (χ3n) is 2.02. The predicted molar refractivity (Wildman–Crippen MR) is 89.0 cm³/mol. The van der Waals surface area contributed by atoms with Gasteiger partial charge in [0.1, 0.15) is 5.75 Å². The molecule has 1 aromatic carbocycles. The Morgan fingerprint density at radius 3 is 2.79 bits per heavy atom. The van der Waals surface area contributed by atoms with Crippen LogP contribution in [0.15, 0.2) is 29.3 Å². The topological polar surface area (TPSA) is 59.6 Å². The molecule has 4 nitrogen and oxygen atoms in total. The molecule has 0 bridgehead atoms. The second kappa shape index (κ2) is 12.4. The molecular formula is C12H21Cl2N3OS. The number of rotatable bonds is 6. The Kier molecular flexibility index (Phi) is 13.5. The van der Waals surface area contributed by atoms with Crippen molar-refractivity contribution in [2.45, 2.75) is 13.5 Å². The molecule has 0 unspecified atom stereocenters. The molecule has 110 valence electrons. The summed E-state index contributed by atoms with van der Waals surface area (Å²) < 4.78 is 5.50. The Hall–Kier alpha value is -0.620. The van der Waals surface area contributed by atoms with Crippen LogP contribution in [0.4, 0.5) is 0 Å². The van der Waals surface area contributed by atoms with Crippen molar-refractivity contribution in [1.29, 1.82) is 0 Å². The molecule has 0 spiro atoms. The Bertz CT molecular complexity index is 378. The first-order valence-electron chi connectivity index (χ1n) is 5.55. The van der Waals surface area contributed by atoms with Gasteiger partial charge in [0.05, 0.1) is 0 Å². The number of nitrogens with two attached hydrogens (primary N) is 1. The molecule has 19 heavy (non-hydrogen) atoms. The van der Waals surface area contributed by atoms with Gasteiger partial charge in [0.2, 0.25) is 0 Å². The third-order valence-corrected chi connectivity index (χ3v) is 2.74. The fourth-order valence-electron chi connectivity index (χ4n) is 1.31. The molecule has 0 fully saturated rings. The molecule has 0 amide bonds. The lowest BCUT2D eigenvalue weighted by atomic mass is 10.2. The average Bonchev–Trinajstić information content (AvgIpc) is 2.30. The normalized spacial score (nSPS) is 10.3. The maximum atomic E-state index is 5.65. The van der Waals surface area contributed by atoms with Crippen molar-refractivity contribution in [3.05, 3.63) is 29.8 Å². The quantitative estimate of drug-likeness (QED) is 0.623. The number of amidine groups is 1. The van der Waals surface area contributed by atoms with Crippen molar-refractivity contribution in [2.24, 2.45) is 10.7 Å². The van der Waals surface area contributed by atoms with Gasteiger partial charge in [0.25, 0.3) is 0 Å². The van der Waals surface area contributed by atoms with Gasteiger partial charge in [-0.1, -0.05) is 30.8 Å². The molecule has 0 heterocycles. The summed E-state index contributed by atoms with van der Waals surface area (Å²) in [5.41, 5.74) is 6.83. The van der Waals surface area contributed by atoms with E-state index >= 15 is 0 Å². The minimum atomic E-state index is 0. The van der Waals surface area contributed by atoms with Gasteiger partial charge >= 0.3 is 0 Å². The Labute approximate surface area is 131 Å². The second-order valence-corrected chi connectivity index (χ2v) is 4.66. The Morgan fingerprint density at radius 2 is 2.16 bits per heavy atom. The van der Waals surface area contributed by atoms with Crippen LogP contribution in [0.2, 0.25) is 0 Å². The molecule has 0 atom stereocenters.